The number of hydrogen-bond acceptors (Lipinski definition) is 5. The van der Waals surface area contributed by atoms with Gasteiger partial charge in [-0.15, -0.1) is 0 Å². The highest BCUT2D eigenvalue weighted by molar-refractivity contribution is 5.93. The van der Waals surface area contributed by atoms with Gasteiger partial charge in [-0.3, -0.25) is 4.79 Å². The lowest BCUT2D eigenvalue weighted by Gasteiger charge is -2.30. The van der Waals surface area contributed by atoms with Gasteiger partial charge in [-0.05, 0) is 24.6 Å². The molecule has 1 aromatic heterocycles. The number of ether oxygens (including phenoxy) is 2. The van der Waals surface area contributed by atoms with Gasteiger partial charge in [0.05, 0.1) is 42.0 Å². The first-order valence-corrected chi connectivity index (χ1v) is 10.4. The van der Waals surface area contributed by atoms with E-state index in [0.717, 1.165) is 12.1 Å². The molecular weight excluding hydrogens is 470 g/mol. The molecule has 2 N–H and O–H groups in total. The Hall–Kier alpha value is -2.86. The second-order valence-corrected chi connectivity index (χ2v) is 8.12. The van der Waals surface area contributed by atoms with Crippen molar-refractivity contribution in [1.82, 2.24) is 4.98 Å². The highest BCUT2D eigenvalue weighted by atomic mass is 19.4. The van der Waals surface area contributed by atoms with Gasteiger partial charge in [0.1, 0.15) is 5.82 Å². The van der Waals surface area contributed by atoms with Gasteiger partial charge in [-0.2, -0.15) is 31.3 Å². The molecule has 0 radical (unpaired) electrons. The predicted molar refractivity (Wildman–Crippen MR) is 106 cm³/mol. The highest BCUT2D eigenvalue weighted by Gasteiger charge is 2.57. The summed E-state index contributed by atoms with van der Waals surface area (Å²) in [5.41, 5.74) is -1.88. The molecule has 4 rings (SSSR count). The number of fused-ring (bicyclic) bond motifs is 2. The standard InChI is InChI=1S/C22H20F6N2O4/c1-2-33-16-8-12(22(26,27)28)7-15(29-16)30-20(32)18-14-9-13(31)19(34-14)17(18)10-4-3-5-11(6-10)21(23,24)25/h3-8,13-14,17-19,31H,2,9H2,1H3,(H,29,30,32). The quantitative estimate of drug-likeness (QED) is 0.608. The number of nitrogens with zero attached hydrogens (tertiary/aromatic N) is 1. The summed E-state index contributed by atoms with van der Waals surface area (Å²) in [5, 5.41) is 12.6. The zero-order valence-electron chi connectivity index (χ0n) is 17.7. The SMILES string of the molecule is CCOc1cc(C(F)(F)F)cc(NC(=O)C2C3CC(O)C(O3)C2c2cccc(C(F)(F)F)c2)n1. The molecular formula is C22H20F6N2O4. The van der Waals surface area contributed by atoms with Crippen molar-refractivity contribution in [2.24, 2.45) is 5.92 Å². The fourth-order valence-corrected chi connectivity index (χ4v) is 4.53. The smallest absolute Gasteiger partial charge is 0.416 e. The van der Waals surface area contributed by atoms with E-state index in [1.54, 1.807) is 6.92 Å². The summed E-state index contributed by atoms with van der Waals surface area (Å²) in [5.74, 6) is -3.54. The summed E-state index contributed by atoms with van der Waals surface area (Å²) >= 11 is 0. The molecule has 2 aromatic rings. The van der Waals surface area contributed by atoms with E-state index in [1.807, 2.05) is 0 Å². The van der Waals surface area contributed by atoms with Crippen LogP contribution in [0.15, 0.2) is 36.4 Å². The molecule has 6 nitrogen and oxygen atoms in total. The Kier molecular flexibility index (Phi) is 6.23. The predicted octanol–water partition coefficient (Wildman–Crippen LogP) is 4.39. The molecule has 184 valence electrons. The second kappa shape index (κ2) is 8.73. The molecule has 2 saturated heterocycles. The largest absolute Gasteiger partial charge is 0.478 e. The van der Waals surface area contributed by atoms with Crippen LogP contribution in [0.4, 0.5) is 32.2 Å². The molecule has 5 atom stereocenters. The Morgan fingerprint density at radius 3 is 2.50 bits per heavy atom. The van der Waals surface area contributed by atoms with Crippen LogP contribution in [0.5, 0.6) is 5.88 Å². The van der Waals surface area contributed by atoms with E-state index in [0.29, 0.717) is 12.1 Å². The van der Waals surface area contributed by atoms with Gasteiger partial charge in [0, 0.05) is 18.4 Å². The van der Waals surface area contributed by atoms with Crippen molar-refractivity contribution in [3.05, 3.63) is 53.1 Å². The molecule has 0 spiro atoms. The molecule has 5 unspecified atom stereocenters. The van der Waals surface area contributed by atoms with Crippen molar-refractivity contribution < 1.29 is 45.7 Å². The van der Waals surface area contributed by atoms with E-state index in [9.17, 15) is 36.2 Å². The lowest BCUT2D eigenvalue weighted by atomic mass is 9.73. The Morgan fingerprint density at radius 2 is 1.85 bits per heavy atom. The number of aromatic nitrogens is 1. The van der Waals surface area contributed by atoms with Crippen molar-refractivity contribution in [2.75, 3.05) is 11.9 Å². The van der Waals surface area contributed by atoms with E-state index >= 15 is 0 Å². The van der Waals surface area contributed by atoms with Crippen LogP contribution in [0.3, 0.4) is 0 Å². The van der Waals surface area contributed by atoms with Crippen LogP contribution in [0.1, 0.15) is 36.0 Å². The first kappa shape index (κ1) is 24.3. The minimum atomic E-state index is -4.73. The average molecular weight is 490 g/mol. The number of pyridine rings is 1. The van der Waals surface area contributed by atoms with Gasteiger partial charge in [0.25, 0.3) is 0 Å². The third kappa shape index (κ3) is 4.69. The second-order valence-electron chi connectivity index (χ2n) is 8.12. The summed E-state index contributed by atoms with van der Waals surface area (Å²) in [6.45, 7) is 1.59. The van der Waals surface area contributed by atoms with Crippen LogP contribution in [-0.2, 0) is 21.9 Å². The van der Waals surface area contributed by atoms with Crippen LogP contribution < -0.4 is 10.1 Å². The van der Waals surface area contributed by atoms with Crippen molar-refractivity contribution in [1.29, 1.82) is 0 Å². The molecule has 34 heavy (non-hydrogen) atoms. The number of carbonyl (C=O) groups is 1. The lowest BCUT2D eigenvalue weighted by molar-refractivity contribution is -0.138. The summed E-state index contributed by atoms with van der Waals surface area (Å²) in [6.07, 6.45) is -12.0. The summed E-state index contributed by atoms with van der Waals surface area (Å²) < 4.78 is 90.2. The van der Waals surface area contributed by atoms with E-state index in [1.165, 1.54) is 12.1 Å². The van der Waals surface area contributed by atoms with Gasteiger partial charge >= 0.3 is 12.4 Å². The number of carbonyl (C=O) groups excluding carboxylic acids is 1. The highest BCUT2D eigenvalue weighted by Crippen LogP contribution is 2.50. The number of aliphatic hydroxyl groups is 1. The monoisotopic (exact) mass is 490 g/mol. The fraction of sp³-hybridized carbons (Fsp3) is 0.455. The number of hydrogen-bond donors (Lipinski definition) is 2. The van der Waals surface area contributed by atoms with E-state index in [2.05, 4.69) is 10.3 Å². The van der Waals surface area contributed by atoms with Gasteiger partial charge in [0.2, 0.25) is 11.8 Å². The first-order valence-electron chi connectivity index (χ1n) is 10.4. The van der Waals surface area contributed by atoms with E-state index in [-0.39, 0.29) is 24.5 Å². The molecule has 2 aliphatic heterocycles. The van der Waals surface area contributed by atoms with Crippen molar-refractivity contribution in [3.8, 4) is 5.88 Å². The van der Waals surface area contributed by atoms with Crippen molar-refractivity contribution in [2.45, 2.75) is 49.9 Å². The van der Waals surface area contributed by atoms with E-state index < -0.39 is 65.4 Å². The molecule has 2 fully saturated rings. The van der Waals surface area contributed by atoms with Crippen LogP contribution in [0.25, 0.3) is 0 Å². The first-order chi connectivity index (χ1) is 15.9. The van der Waals surface area contributed by atoms with Gasteiger partial charge in [-0.25, -0.2) is 0 Å². The Balaban J connectivity index is 1.66. The van der Waals surface area contributed by atoms with Gasteiger partial charge in [-0.1, -0.05) is 18.2 Å². The van der Waals surface area contributed by atoms with Crippen LogP contribution in [0.2, 0.25) is 0 Å². The summed E-state index contributed by atoms with van der Waals surface area (Å²) in [4.78, 5) is 17.0. The van der Waals surface area contributed by atoms with Gasteiger partial charge < -0.3 is 19.9 Å². The van der Waals surface area contributed by atoms with E-state index in [4.69, 9.17) is 9.47 Å². The van der Waals surface area contributed by atoms with Crippen molar-refractivity contribution >= 4 is 11.7 Å². The Bertz CT molecular complexity index is 1070. The van der Waals surface area contributed by atoms with Crippen molar-refractivity contribution in [3.63, 3.8) is 0 Å². The number of benzene rings is 1. The molecule has 1 aromatic carbocycles. The minimum Gasteiger partial charge on any atom is -0.478 e. The Morgan fingerprint density at radius 1 is 1.15 bits per heavy atom. The minimum absolute atomic E-state index is 0.0391. The maximum atomic E-state index is 13.3. The number of halogens is 6. The molecule has 0 aliphatic carbocycles. The number of aliphatic hydroxyl groups excluding tert-OH is 1. The molecule has 1 amide bonds. The average Bonchev–Trinajstić information content (AvgIpc) is 3.30. The zero-order chi connectivity index (χ0) is 24.8. The van der Waals surface area contributed by atoms with Crippen LogP contribution in [0, 0.1) is 5.92 Å². The number of amides is 1. The topological polar surface area (TPSA) is 80.7 Å². The maximum absolute atomic E-state index is 13.3. The number of nitrogens with one attached hydrogen (secondary N) is 1. The van der Waals surface area contributed by atoms with Crippen LogP contribution in [-0.4, -0.2) is 40.9 Å². The normalized spacial score (nSPS) is 26.5. The molecule has 12 heteroatoms. The molecule has 3 heterocycles. The summed E-state index contributed by atoms with van der Waals surface area (Å²) in [6, 6.07) is 5.69. The molecule has 2 bridgehead atoms. The number of anilines is 1. The summed E-state index contributed by atoms with van der Waals surface area (Å²) in [7, 11) is 0. The molecule has 0 saturated carbocycles. The van der Waals surface area contributed by atoms with Crippen LogP contribution >= 0.6 is 0 Å². The third-order valence-corrected chi connectivity index (χ3v) is 5.90. The zero-order valence-corrected chi connectivity index (χ0v) is 17.7. The fourth-order valence-electron chi connectivity index (χ4n) is 4.53. The maximum Gasteiger partial charge on any atom is 0.416 e. The number of alkyl halides is 6. The lowest BCUT2D eigenvalue weighted by Crippen LogP contribution is -2.41. The third-order valence-electron chi connectivity index (χ3n) is 5.90. The molecule has 2 aliphatic rings. The van der Waals surface area contributed by atoms with Gasteiger partial charge in [0.15, 0.2) is 0 Å². The Labute approximate surface area is 189 Å². The number of rotatable bonds is 5.